The van der Waals surface area contributed by atoms with Gasteiger partial charge in [-0.1, -0.05) is 19.3 Å². The number of aliphatic carboxylic acids is 1. The van der Waals surface area contributed by atoms with Gasteiger partial charge in [-0.3, -0.25) is 14.4 Å². The molecule has 2 heterocycles. The molecular formula is C15H25N3O2. The molecule has 5 heteroatoms. The van der Waals surface area contributed by atoms with Gasteiger partial charge in [0.15, 0.2) is 0 Å². The van der Waals surface area contributed by atoms with Crippen LogP contribution in [0.3, 0.4) is 0 Å². The highest BCUT2D eigenvalue weighted by Crippen LogP contribution is 2.28. The molecule has 5 nitrogen and oxygen atoms in total. The minimum Gasteiger partial charge on any atom is -0.480 e. The molecule has 1 aliphatic heterocycles. The van der Waals surface area contributed by atoms with Gasteiger partial charge >= 0.3 is 5.97 Å². The fourth-order valence-electron chi connectivity index (χ4n) is 3.18. The van der Waals surface area contributed by atoms with Gasteiger partial charge in [0.25, 0.3) is 0 Å². The van der Waals surface area contributed by atoms with Crippen LogP contribution in [-0.2, 0) is 11.8 Å². The standard InChI is InChI=1S/C15H25N3O2/c1-11-13(12(2)17(3)16-11)14(15(19)20)18-9-7-5-4-6-8-10-18/h14H,4-10H2,1-3H3,(H,19,20)/t14-/m0/s1. The van der Waals surface area contributed by atoms with Crippen molar-refractivity contribution in [2.75, 3.05) is 13.1 Å². The van der Waals surface area contributed by atoms with Crippen LogP contribution in [0.1, 0.15) is 55.1 Å². The molecule has 2 rings (SSSR count). The van der Waals surface area contributed by atoms with Crippen LogP contribution in [0.15, 0.2) is 0 Å². The lowest BCUT2D eigenvalue weighted by Gasteiger charge is -2.30. The lowest BCUT2D eigenvalue weighted by Crippen LogP contribution is -2.37. The lowest BCUT2D eigenvalue weighted by atomic mass is 10.0. The Balaban J connectivity index is 2.32. The number of hydrogen-bond donors (Lipinski definition) is 1. The van der Waals surface area contributed by atoms with E-state index in [0.717, 1.165) is 42.9 Å². The molecule has 1 aliphatic rings. The number of aryl methyl sites for hydroxylation is 2. The third-order valence-electron chi connectivity index (χ3n) is 4.33. The van der Waals surface area contributed by atoms with Gasteiger partial charge in [-0.2, -0.15) is 5.10 Å². The van der Waals surface area contributed by atoms with Gasteiger partial charge in [-0.15, -0.1) is 0 Å². The molecule has 0 radical (unpaired) electrons. The van der Waals surface area contributed by atoms with E-state index >= 15 is 0 Å². The lowest BCUT2D eigenvalue weighted by molar-refractivity contribution is -0.143. The van der Waals surface area contributed by atoms with Crippen LogP contribution < -0.4 is 0 Å². The average molecular weight is 279 g/mol. The van der Waals surface area contributed by atoms with E-state index in [1.807, 2.05) is 20.9 Å². The Kier molecular flexibility index (Phi) is 4.81. The van der Waals surface area contributed by atoms with Crippen LogP contribution in [0.5, 0.6) is 0 Å². The Hall–Kier alpha value is -1.36. The molecule has 0 unspecified atom stereocenters. The first kappa shape index (κ1) is 15.0. The predicted molar refractivity (Wildman–Crippen MR) is 77.7 cm³/mol. The fraction of sp³-hybridized carbons (Fsp3) is 0.733. The highest BCUT2D eigenvalue weighted by atomic mass is 16.4. The quantitative estimate of drug-likeness (QED) is 0.923. The number of nitrogens with zero attached hydrogens (tertiary/aromatic N) is 3. The van der Waals surface area contributed by atoms with E-state index < -0.39 is 12.0 Å². The van der Waals surface area contributed by atoms with Crippen molar-refractivity contribution in [2.45, 2.75) is 52.0 Å². The van der Waals surface area contributed by atoms with Crippen LogP contribution >= 0.6 is 0 Å². The second-order valence-corrected chi connectivity index (χ2v) is 5.75. The van der Waals surface area contributed by atoms with Gasteiger partial charge in [0.2, 0.25) is 0 Å². The molecule has 0 aliphatic carbocycles. The molecule has 1 saturated heterocycles. The van der Waals surface area contributed by atoms with Crippen molar-refractivity contribution in [3.63, 3.8) is 0 Å². The van der Waals surface area contributed by atoms with Gasteiger partial charge in [-0.25, -0.2) is 0 Å². The number of likely N-dealkylation sites (tertiary alicyclic amines) is 1. The normalized spacial score (nSPS) is 19.4. The Bertz CT molecular complexity index is 474. The van der Waals surface area contributed by atoms with E-state index in [2.05, 4.69) is 10.00 Å². The topological polar surface area (TPSA) is 58.4 Å². The largest absolute Gasteiger partial charge is 0.480 e. The van der Waals surface area contributed by atoms with Crippen molar-refractivity contribution >= 4 is 5.97 Å². The average Bonchev–Trinajstić information content (AvgIpc) is 2.58. The first-order chi connectivity index (χ1) is 9.52. The first-order valence-electron chi connectivity index (χ1n) is 7.49. The molecule has 0 aromatic carbocycles. The number of hydrogen-bond acceptors (Lipinski definition) is 3. The second kappa shape index (κ2) is 6.39. The van der Waals surface area contributed by atoms with Crippen molar-refractivity contribution < 1.29 is 9.90 Å². The van der Waals surface area contributed by atoms with E-state index in [4.69, 9.17) is 0 Å². The number of rotatable bonds is 3. The molecule has 1 atom stereocenters. The summed E-state index contributed by atoms with van der Waals surface area (Å²) in [6.07, 6.45) is 5.85. The molecule has 20 heavy (non-hydrogen) atoms. The van der Waals surface area contributed by atoms with Crippen molar-refractivity contribution in [3.05, 3.63) is 17.0 Å². The Morgan fingerprint density at radius 2 is 1.70 bits per heavy atom. The second-order valence-electron chi connectivity index (χ2n) is 5.75. The van der Waals surface area contributed by atoms with Crippen LogP contribution in [0.4, 0.5) is 0 Å². The summed E-state index contributed by atoms with van der Waals surface area (Å²) in [4.78, 5) is 14.0. The predicted octanol–water partition coefficient (Wildman–Crippen LogP) is 2.43. The van der Waals surface area contributed by atoms with Gasteiger partial charge in [0, 0.05) is 18.3 Å². The maximum atomic E-state index is 11.8. The van der Waals surface area contributed by atoms with Gasteiger partial charge < -0.3 is 5.11 Å². The first-order valence-corrected chi connectivity index (χ1v) is 7.49. The molecule has 0 bridgehead atoms. The van der Waals surface area contributed by atoms with Crippen LogP contribution in [-0.4, -0.2) is 38.8 Å². The van der Waals surface area contributed by atoms with Gasteiger partial charge in [0.05, 0.1) is 5.69 Å². The number of carboxylic acids is 1. The molecule has 0 saturated carbocycles. The monoisotopic (exact) mass is 279 g/mol. The van der Waals surface area contributed by atoms with Crippen molar-refractivity contribution in [3.8, 4) is 0 Å². The van der Waals surface area contributed by atoms with Crippen molar-refractivity contribution in [1.82, 2.24) is 14.7 Å². The summed E-state index contributed by atoms with van der Waals surface area (Å²) >= 11 is 0. The van der Waals surface area contributed by atoms with E-state index in [0.29, 0.717) is 0 Å². The van der Waals surface area contributed by atoms with Crippen LogP contribution in [0, 0.1) is 13.8 Å². The summed E-state index contributed by atoms with van der Waals surface area (Å²) in [6, 6.07) is -0.554. The van der Waals surface area contributed by atoms with E-state index in [1.54, 1.807) is 4.68 Å². The third-order valence-corrected chi connectivity index (χ3v) is 4.33. The van der Waals surface area contributed by atoms with Crippen LogP contribution in [0.25, 0.3) is 0 Å². The summed E-state index contributed by atoms with van der Waals surface area (Å²) < 4.78 is 1.78. The highest BCUT2D eigenvalue weighted by molar-refractivity contribution is 5.76. The summed E-state index contributed by atoms with van der Waals surface area (Å²) in [5, 5.41) is 14.1. The number of carbonyl (C=O) groups is 1. The zero-order valence-corrected chi connectivity index (χ0v) is 12.7. The molecule has 0 spiro atoms. The maximum absolute atomic E-state index is 11.8. The maximum Gasteiger partial charge on any atom is 0.325 e. The van der Waals surface area contributed by atoms with E-state index in [9.17, 15) is 9.90 Å². The van der Waals surface area contributed by atoms with Gasteiger partial charge in [0.1, 0.15) is 6.04 Å². The fourth-order valence-corrected chi connectivity index (χ4v) is 3.18. The van der Waals surface area contributed by atoms with Crippen molar-refractivity contribution in [1.29, 1.82) is 0 Å². The minimum absolute atomic E-state index is 0.554. The van der Waals surface area contributed by atoms with E-state index in [-0.39, 0.29) is 0 Å². The number of carboxylic acid groups (broad SMARTS) is 1. The summed E-state index contributed by atoms with van der Waals surface area (Å²) in [6.45, 7) is 5.59. The Labute approximate surface area is 120 Å². The molecule has 1 aromatic rings. The molecule has 1 aromatic heterocycles. The molecule has 1 fully saturated rings. The number of aromatic nitrogens is 2. The van der Waals surface area contributed by atoms with Crippen LogP contribution in [0.2, 0.25) is 0 Å². The Morgan fingerprint density at radius 1 is 1.15 bits per heavy atom. The molecule has 112 valence electrons. The highest BCUT2D eigenvalue weighted by Gasteiger charge is 2.32. The SMILES string of the molecule is Cc1nn(C)c(C)c1[C@@H](C(=O)O)N1CCCCCCC1. The smallest absolute Gasteiger partial charge is 0.325 e. The summed E-state index contributed by atoms with van der Waals surface area (Å²) in [5.74, 6) is -0.759. The Morgan fingerprint density at radius 3 is 2.15 bits per heavy atom. The summed E-state index contributed by atoms with van der Waals surface area (Å²) in [5.41, 5.74) is 2.66. The molecule has 1 N–H and O–H groups in total. The van der Waals surface area contributed by atoms with Gasteiger partial charge in [-0.05, 0) is 39.8 Å². The van der Waals surface area contributed by atoms with E-state index in [1.165, 1.54) is 19.3 Å². The zero-order valence-electron chi connectivity index (χ0n) is 12.7. The van der Waals surface area contributed by atoms with Crippen molar-refractivity contribution in [2.24, 2.45) is 7.05 Å². The zero-order chi connectivity index (χ0) is 14.7. The third kappa shape index (κ3) is 3.03. The minimum atomic E-state index is -0.759. The summed E-state index contributed by atoms with van der Waals surface area (Å²) in [7, 11) is 1.87. The molecular weight excluding hydrogens is 254 g/mol. The molecule has 0 amide bonds.